The fourth-order valence-corrected chi connectivity index (χ4v) is 1.67. The first-order chi connectivity index (χ1) is 7.10. The van der Waals surface area contributed by atoms with Crippen LogP contribution >= 0.6 is 15.9 Å². The Morgan fingerprint density at radius 3 is 2.80 bits per heavy atom. The molecule has 78 valence electrons. The number of ether oxygens (including phenoxy) is 1. The summed E-state index contributed by atoms with van der Waals surface area (Å²) in [6.07, 6.45) is 0. The van der Waals surface area contributed by atoms with Crippen LogP contribution in [0.3, 0.4) is 0 Å². The Bertz CT molecular complexity index is 435. The van der Waals surface area contributed by atoms with Gasteiger partial charge in [0.15, 0.2) is 0 Å². The zero-order valence-corrected chi connectivity index (χ0v) is 10.1. The molecule has 0 amide bonds. The Labute approximate surface area is 96.8 Å². The highest BCUT2D eigenvalue weighted by Crippen LogP contribution is 2.22. The molecule has 0 atom stereocenters. The number of nitriles is 1. The summed E-state index contributed by atoms with van der Waals surface area (Å²) in [5, 5.41) is 8.79. The van der Waals surface area contributed by atoms with Gasteiger partial charge in [-0.05, 0) is 47.5 Å². The van der Waals surface area contributed by atoms with Gasteiger partial charge < -0.3 is 4.74 Å². The summed E-state index contributed by atoms with van der Waals surface area (Å²) in [6, 6.07) is 5.33. The van der Waals surface area contributed by atoms with E-state index in [1.165, 1.54) is 0 Å². The molecule has 0 heterocycles. The van der Waals surface area contributed by atoms with Crippen molar-refractivity contribution in [2.24, 2.45) is 0 Å². The molecule has 0 bridgehead atoms. The molecule has 0 aliphatic rings. The second-order valence-electron chi connectivity index (χ2n) is 2.98. The molecule has 1 aromatic carbocycles. The topological polar surface area (TPSA) is 50.1 Å². The van der Waals surface area contributed by atoms with Crippen LogP contribution in [0.5, 0.6) is 0 Å². The lowest BCUT2D eigenvalue weighted by molar-refractivity contribution is 0.0525. The Morgan fingerprint density at radius 2 is 2.27 bits per heavy atom. The van der Waals surface area contributed by atoms with Gasteiger partial charge in [0.2, 0.25) is 0 Å². The molecule has 0 aliphatic carbocycles. The summed E-state index contributed by atoms with van der Waals surface area (Å²) in [7, 11) is 0. The second-order valence-corrected chi connectivity index (χ2v) is 3.83. The van der Waals surface area contributed by atoms with Crippen molar-refractivity contribution in [2.75, 3.05) is 6.61 Å². The molecule has 0 saturated carbocycles. The molecular weight excluding hydrogens is 258 g/mol. The van der Waals surface area contributed by atoms with E-state index in [4.69, 9.17) is 10.00 Å². The highest BCUT2D eigenvalue weighted by Gasteiger charge is 2.13. The first-order valence-corrected chi connectivity index (χ1v) is 5.26. The quantitative estimate of drug-likeness (QED) is 0.775. The number of esters is 1. The van der Waals surface area contributed by atoms with Gasteiger partial charge in [0.25, 0.3) is 0 Å². The summed E-state index contributed by atoms with van der Waals surface area (Å²) in [5.41, 5.74) is 1.77. The summed E-state index contributed by atoms with van der Waals surface area (Å²) >= 11 is 3.24. The van der Waals surface area contributed by atoms with Crippen LogP contribution in [0.15, 0.2) is 16.6 Å². The van der Waals surface area contributed by atoms with E-state index in [2.05, 4.69) is 22.0 Å². The Hall–Kier alpha value is -1.34. The number of rotatable bonds is 2. The normalized spacial score (nSPS) is 9.47. The van der Waals surface area contributed by atoms with Gasteiger partial charge in [0.05, 0.1) is 23.8 Å². The molecule has 0 spiro atoms. The lowest BCUT2D eigenvalue weighted by atomic mass is 10.1. The molecule has 4 heteroatoms. The Balaban J connectivity index is 3.17. The third-order valence-electron chi connectivity index (χ3n) is 1.93. The number of benzene rings is 1. The number of carbonyl (C=O) groups is 1. The molecule has 3 nitrogen and oxygen atoms in total. The van der Waals surface area contributed by atoms with Gasteiger partial charge in [-0.1, -0.05) is 0 Å². The number of halogens is 1. The van der Waals surface area contributed by atoms with E-state index in [9.17, 15) is 4.79 Å². The van der Waals surface area contributed by atoms with Crippen molar-refractivity contribution in [3.05, 3.63) is 33.3 Å². The van der Waals surface area contributed by atoms with Gasteiger partial charge in [-0.3, -0.25) is 0 Å². The van der Waals surface area contributed by atoms with E-state index in [-0.39, 0.29) is 5.97 Å². The van der Waals surface area contributed by atoms with E-state index in [1.54, 1.807) is 26.0 Å². The number of hydrogen-bond acceptors (Lipinski definition) is 3. The number of nitrogens with zero attached hydrogens (tertiary/aromatic N) is 1. The maximum absolute atomic E-state index is 11.5. The average molecular weight is 268 g/mol. The zero-order chi connectivity index (χ0) is 11.4. The highest BCUT2D eigenvalue weighted by atomic mass is 79.9. The van der Waals surface area contributed by atoms with Crippen LogP contribution in [0.4, 0.5) is 0 Å². The first kappa shape index (κ1) is 11.7. The van der Waals surface area contributed by atoms with Crippen LogP contribution in [0, 0.1) is 18.3 Å². The lowest BCUT2D eigenvalue weighted by Crippen LogP contribution is -2.06. The maximum Gasteiger partial charge on any atom is 0.339 e. The standard InChI is InChI=1S/C11H10BrNO2/c1-3-15-11(14)9-4-7(2)8(6-13)5-10(9)12/h4-5H,3H2,1-2H3. The largest absolute Gasteiger partial charge is 0.462 e. The number of hydrogen-bond donors (Lipinski definition) is 0. The third kappa shape index (κ3) is 2.57. The van der Waals surface area contributed by atoms with Crippen molar-refractivity contribution in [3.63, 3.8) is 0 Å². The molecule has 15 heavy (non-hydrogen) atoms. The fourth-order valence-electron chi connectivity index (χ4n) is 1.17. The minimum absolute atomic E-state index is 0.338. The first-order valence-electron chi connectivity index (χ1n) is 4.47. The van der Waals surface area contributed by atoms with Crippen molar-refractivity contribution >= 4 is 21.9 Å². The van der Waals surface area contributed by atoms with E-state index in [0.717, 1.165) is 5.56 Å². The molecule has 0 aromatic heterocycles. The molecule has 0 fully saturated rings. The van der Waals surface area contributed by atoms with E-state index >= 15 is 0 Å². The average Bonchev–Trinajstić information content (AvgIpc) is 2.21. The molecule has 0 N–H and O–H groups in total. The van der Waals surface area contributed by atoms with Crippen LogP contribution < -0.4 is 0 Å². The van der Waals surface area contributed by atoms with Crippen LogP contribution in [-0.4, -0.2) is 12.6 Å². The minimum Gasteiger partial charge on any atom is -0.462 e. The van der Waals surface area contributed by atoms with Crippen LogP contribution in [0.1, 0.15) is 28.4 Å². The number of carbonyl (C=O) groups excluding carboxylic acids is 1. The van der Waals surface area contributed by atoms with Crippen molar-refractivity contribution < 1.29 is 9.53 Å². The third-order valence-corrected chi connectivity index (χ3v) is 2.59. The fraction of sp³-hybridized carbons (Fsp3) is 0.273. The molecule has 0 radical (unpaired) electrons. The predicted molar refractivity (Wildman–Crippen MR) is 59.6 cm³/mol. The van der Waals surface area contributed by atoms with E-state index < -0.39 is 0 Å². The van der Waals surface area contributed by atoms with Gasteiger partial charge in [0.1, 0.15) is 0 Å². The smallest absolute Gasteiger partial charge is 0.339 e. The molecule has 1 rings (SSSR count). The van der Waals surface area contributed by atoms with Gasteiger partial charge in [-0.25, -0.2) is 4.79 Å². The lowest BCUT2D eigenvalue weighted by Gasteiger charge is -2.06. The van der Waals surface area contributed by atoms with Crippen LogP contribution in [-0.2, 0) is 4.74 Å². The molecular formula is C11H10BrNO2. The van der Waals surface area contributed by atoms with Gasteiger partial charge in [0, 0.05) is 4.47 Å². The van der Waals surface area contributed by atoms with Crippen molar-refractivity contribution in [2.45, 2.75) is 13.8 Å². The van der Waals surface area contributed by atoms with Crippen molar-refractivity contribution in [1.29, 1.82) is 5.26 Å². The van der Waals surface area contributed by atoms with Crippen molar-refractivity contribution in [1.82, 2.24) is 0 Å². The minimum atomic E-state index is -0.378. The summed E-state index contributed by atoms with van der Waals surface area (Å²) < 4.78 is 5.47. The zero-order valence-electron chi connectivity index (χ0n) is 8.50. The maximum atomic E-state index is 11.5. The molecule has 0 saturated heterocycles. The molecule has 0 unspecified atom stereocenters. The number of aryl methyl sites for hydroxylation is 1. The Kier molecular flexibility index (Phi) is 3.87. The van der Waals surface area contributed by atoms with E-state index in [0.29, 0.717) is 22.2 Å². The highest BCUT2D eigenvalue weighted by molar-refractivity contribution is 9.10. The predicted octanol–water partition coefficient (Wildman–Crippen LogP) is 2.81. The Morgan fingerprint density at radius 1 is 1.60 bits per heavy atom. The van der Waals surface area contributed by atoms with Gasteiger partial charge in [-0.15, -0.1) is 0 Å². The monoisotopic (exact) mass is 267 g/mol. The van der Waals surface area contributed by atoms with Gasteiger partial charge >= 0.3 is 5.97 Å². The summed E-state index contributed by atoms with van der Waals surface area (Å²) in [4.78, 5) is 11.5. The van der Waals surface area contributed by atoms with Gasteiger partial charge in [-0.2, -0.15) is 5.26 Å². The summed E-state index contributed by atoms with van der Waals surface area (Å²) in [6.45, 7) is 3.88. The second kappa shape index (κ2) is 4.94. The SMILES string of the molecule is CCOC(=O)c1cc(C)c(C#N)cc1Br. The van der Waals surface area contributed by atoms with Crippen molar-refractivity contribution in [3.8, 4) is 6.07 Å². The van der Waals surface area contributed by atoms with Crippen LogP contribution in [0.25, 0.3) is 0 Å². The van der Waals surface area contributed by atoms with Crippen LogP contribution in [0.2, 0.25) is 0 Å². The van der Waals surface area contributed by atoms with E-state index in [1.807, 2.05) is 0 Å². The summed E-state index contributed by atoms with van der Waals surface area (Å²) in [5.74, 6) is -0.378. The molecule has 0 aliphatic heterocycles. The molecule has 1 aromatic rings.